The number of rotatable bonds is 2. The maximum Gasteiger partial charge on any atom is 0.325 e. The third-order valence-electron chi connectivity index (χ3n) is 5.73. The smallest absolute Gasteiger partial charge is 0.325 e. The molecule has 1 aliphatic carbocycles. The Morgan fingerprint density at radius 3 is 2.93 bits per heavy atom. The van der Waals surface area contributed by atoms with Crippen molar-refractivity contribution < 1.29 is 19.1 Å². The van der Waals surface area contributed by atoms with Crippen molar-refractivity contribution in [2.75, 3.05) is 6.79 Å². The van der Waals surface area contributed by atoms with Gasteiger partial charge in [-0.2, -0.15) is 0 Å². The van der Waals surface area contributed by atoms with E-state index < -0.39 is 5.54 Å². The molecule has 1 N–H and O–H groups in total. The van der Waals surface area contributed by atoms with Gasteiger partial charge in [0.2, 0.25) is 0 Å². The lowest BCUT2D eigenvalue weighted by atomic mass is 9.76. The van der Waals surface area contributed by atoms with Crippen molar-refractivity contribution in [2.24, 2.45) is 0 Å². The van der Waals surface area contributed by atoms with Crippen LogP contribution in [0.4, 0.5) is 4.79 Å². The second kappa shape index (κ2) is 6.50. The summed E-state index contributed by atoms with van der Waals surface area (Å²) in [7, 11) is 0. The Kier molecular flexibility index (Phi) is 4.07. The number of nitrogens with zero attached hydrogens (tertiary/aromatic N) is 1. The quantitative estimate of drug-likeness (QED) is 0.786. The zero-order valence-electron chi connectivity index (χ0n) is 15.2. The summed E-state index contributed by atoms with van der Waals surface area (Å²) in [5, 5.41) is 3.50. The molecule has 0 radical (unpaired) electrons. The lowest BCUT2D eigenvalue weighted by Crippen LogP contribution is -2.46. The van der Waals surface area contributed by atoms with Crippen LogP contribution < -0.4 is 10.1 Å². The highest BCUT2D eigenvalue weighted by atomic mass is 35.5. The van der Waals surface area contributed by atoms with Gasteiger partial charge in [-0.05, 0) is 42.5 Å². The van der Waals surface area contributed by atoms with Crippen LogP contribution in [0.5, 0.6) is 5.75 Å². The first-order valence-electron chi connectivity index (χ1n) is 9.33. The SMILES string of the molecule is O=C1N[C@@]2(CCCc3ccccc32)C(=O)N1Cc1cc(Cl)cc2c1OCOC2. The summed E-state index contributed by atoms with van der Waals surface area (Å²) < 4.78 is 10.9. The van der Waals surface area contributed by atoms with E-state index in [1.54, 1.807) is 12.1 Å². The van der Waals surface area contributed by atoms with Gasteiger partial charge >= 0.3 is 6.03 Å². The van der Waals surface area contributed by atoms with E-state index in [0.717, 1.165) is 29.5 Å². The van der Waals surface area contributed by atoms with Crippen LogP contribution in [0.1, 0.15) is 35.1 Å². The number of ether oxygens (including phenoxy) is 2. The van der Waals surface area contributed by atoms with Gasteiger partial charge in [0, 0.05) is 16.1 Å². The average molecular weight is 399 g/mol. The summed E-state index contributed by atoms with van der Waals surface area (Å²) in [6.07, 6.45) is 2.36. The molecular formula is C21H19ClN2O4. The van der Waals surface area contributed by atoms with Crippen LogP contribution in [0.2, 0.25) is 5.02 Å². The molecule has 144 valence electrons. The number of carbonyl (C=O) groups excluding carboxylic acids is 2. The average Bonchev–Trinajstić information content (AvgIpc) is 2.93. The van der Waals surface area contributed by atoms with Crippen molar-refractivity contribution in [3.63, 3.8) is 0 Å². The highest BCUT2D eigenvalue weighted by Gasteiger charge is 2.53. The predicted octanol–water partition coefficient (Wildman–Crippen LogP) is 3.49. The highest BCUT2D eigenvalue weighted by molar-refractivity contribution is 6.30. The summed E-state index contributed by atoms with van der Waals surface area (Å²) in [5.74, 6) is 0.423. The standard InChI is InChI=1S/C21H19ClN2O4/c22-16-8-14(18-15(9-16)11-27-12-28-18)10-24-19(25)21(23-20(24)26)7-3-5-13-4-1-2-6-17(13)21/h1-2,4,6,8-9H,3,5,7,10-12H2,(H,23,26)/t21-/m1/s1. The van der Waals surface area contributed by atoms with Crippen molar-refractivity contribution in [1.29, 1.82) is 0 Å². The van der Waals surface area contributed by atoms with Crippen molar-refractivity contribution in [3.05, 3.63) is 63.7 Å². The van der Waals surface area contributed by atoms with Gasteiger partial charge in [-0.15, -0.1) is 0 Å². The number of benzene rings is 2. The number of aryl methyl sites for hydroxylation is 1. The number of hydrogen-bond acceptors (Lipinski definition) is 4. The number of amides is 3. The van der Waals surface area contributed by atoms with Gasteiger partial charge in [-0.25, -0.2) is 4.79 Å². The first-order valence-corrected chi connectivity index (χ1v) is 9.71. The van der Waals surface area contributed by atoms with E-state index in [9.17, 15) is 9.59 Å². The fourth-order valence-corrected chi connectivity index (χ4v) is 4.76. The Morgan fingerprint density at radius 1 is 1.18 bits per heavy atom. The number of fused-ring (bicyclic) bond motifs is 3. The molecule has 2 aliphatic heterocycles. The van der Waals surface area contributed by atoms with Crippen LogP contribution in [0, 0.1) is 0 Å². The van der Waals surface area contributed by atoms with Crippen molar-refractivity contribution >= 4 is 23.5 Å². The summed E-state index contributed by atoms with van der Waals surface area (Å²) in [4.78, 5) is 27.5. The van der Waals surface area contributed by atoms with Gasteiger partial charge in [0.25, 0.3) is 5.91 Å². The zero-order chi connectivity index (χ0) is 19.3. The molecule has 5 rings (SSSR count). The van der Waals surface area contributed by atoms with E-state index in [1.807, 2.05) is 24.3 Å². The number of carbonyl (C=O) groups is 2. The first-order chi connectivity index (χ1) is 13.6. The van der Waals surface area contributed by atoms with Gasteiger partial charge in [-0.1, -0.05) is 35.9 Å². The second-order valence-corrected chi connectivity index (χ2v) is 7.84. The second-order valence-electron chi connectivity index (χ2n) is 7.40. The molecule has 7 heteroatoms. The Morgan fingerprint density at radius 2 is 2.04 bits per heavy atom. The molecule has 1 fully saturated rings. The molecule has 3 aliphatic rings. The van der Waals surface area contributed by atoms with Crippen LogP contribution >= 0.6 is 11.6 Å². The first kappa shape index (κ1) is 17.5. The van der Waals surface area contributed by atoms with Crippen LogP contribution in [0.3, 0.4) is 0 Å². The summed E-state index contributed by atoms with van der Waals surface area (Å²) in [6.45, 7) is 0.636. The Bertz CT molecular complexity index is 992. The number of halogens is 1. The Hall–Kier alpha value is -2.57. The number of hydrogen-bond donors (Lipinski definition) is 1. The molecule has 2 heterocycles. The monoisotopic (exact) mass is 398 g/mol. The van der Waals surface area contributed by atoms with Gasteiger partial charge in [0.15, 0.2) is 6.79 Å². The van der Waals surface area contributed by atoms with E-state index >= 15 is 0 Å². The van der Waals surface area contributed by atoms with Gasteiger partial charge in [-0.3, -0.25) is 9.69 Å². The molecule has 3 amide bonds. The lowest BCUT2D eigenvalue weighted by molar-refractivity contribution is -0.132. The molecule has 0 saturated carbocycles. The van der Waals surface area contributed by atoms with Crippen molar-refractivity contribution in [2.45, 2.75) is 38.0 Å². The summed E-state index contributed by atoms with van der Waals surface area (Å²) in [5.41, 5.74) is 2.56. The van der Waals surface area contributed by atoms with Gasteiger partial charge in [0.05, 0.1) is 13.2 Å². The largest absolute Gasteiger partial charge is 0.467 e. The number of urea groups is 1. The maximum atomic E-state index is 13.5. The van der Waals surface area contributed by atoms with Gasteiger partial charge in [0.1, 0.15) is 11.3 Å². The molecule has 2 aromatic carbocycles. The van der Waals surface area contributed by atoms with E-state index in [1.165, 1.54) is 4.90 Å². The molecule has 6 nitrogen and oxygen atoms in total. The maximum absolute atomic E-state index is 13.5. The van der Waals surface area contributed by atoms with Crippen LogP contribution in [-0.4, -0.2) is 23.6 Å². The Labute approximate surface area is 167 Å². The minimum absolute atomic E-state index is 0.109. The van der Waals surface area contributed by atoms with Crippen molar-refractivity contribution in [1.82, 2.24) is 10.2 Å². The molecule has 0 unspecified atom stereocenters. The molecule has 0 aromatic heterocycles. The highest BCUT2D eigenvalue weighted by Crippen LogP contribution is 2.41. The van der Waals surface area contributed by atoms with Crippen LogP contribution in [0.15, 0.2) is 36.4 Å². The zero-order valence-corrected chi connectivity index (χ0v) is 15.9. The van der Waals surface area contributed by atoms with Crippen LogP contribution in [0.25, 0.3) is 0 Å². The minimum atomic E-state index is -0.978. The molecule has 28 heavy (non-hydrogen) atoms. The molecular weight excluding hydrogens is 380 g/mol. The van der Waals surface area contributed by atoms with E-state index in [4.69, 9.17) is 21.1 Å². The normalized spacial score (nSPS) is 23.2. The fourth-order valence-electron chi connectivity index (χ4n) is 4.50. The fraction of sp³-hybridized carbons (Fsp3) is 0.333. The molecule has 1 spiro atoms. The van der Waals surface area contributed by atoms with E-state index in [0.29, 0.717) is 29.4 Å². The summed E-state index contributed by atoms with van der Waals surface area (Å²) >= 11 is 6.23. The topological polar surface area (TPSA) is 67.9 Å². The van der Waals surface area contributed by atoms with E-state index in [-0.39, 0.29) is 25.3 Å². The number of nitrogens with one attached hydrogen (secondary N) is 1. The number of imide groups is 1. The predicted molar refractivity (Wildman–Crippen MR) is 102 cm³/mol. The molecule has 1 atom stereocenters. The lowest BCUT2D eigenvalue weighted by Gasteiger charge is -2.33. The molecule has 2 aromatic rings. The van der Waals surface area contributed by atoms with Gasteiger partial charge < -0.3 is 14.8 Å². The molecule has 1 saturated heterocycles. The Balaban J connectivity index is 1.52. The minimum Gasteiger partial charge on any atom is -0.467 e. The molecule has 0 bridgehead atoms. The third kappa shape index (κ3) is 2.59. The van der Waals surface area contributed by atoms with Crippen LogP contribution in [-0.2, 0) is 34.6 Å². The summed E-state index contributed by atoms with van der Waals surface area (Å²) in [6, 6.07) is 11.0. The van der Waals surface area contributed by atoms with E-state index in [2.05, 4.69) is 5.32 Å². The van der Waals surface area contributed by atoms with Crippen molar-refractivity contribution in [3.8, 4) is 5.75 Å². The third-order valence-corrected chi connectivity index (χ3v) is 5.95.